The van der Waals surface area contributed by atoms with E-state index in [-0.39, 0.29) is 18.8 Å². The summed E-state index contributed by atoms with van der Waals surface area (Å²) in [6.07, 6.45) is 1.19. The Morgan fingerprint density at radius 1 is 1.24 bits per heavy atom. The van der Waals surface area contributed by atoms with Gasteiger partial charge in [0.2, 0.25) is 0 Å². The van der Waals surface area contributed by atoms with E-state index in [4.69, 9.17) is 10.7 Å². The largest absolute Gasteiger partial charge is 0.384 e. The molecule has 8 heteroatoms. The molecule has 0 unspecified atom stereocenters. The summed E-state index contributed by atoms with van der Waals surface area (Å²) in [7, 11) is 0. The van der Waals surface area contributed by atoms with E-state index in [1.807, 2.05) is 51.1 Å². The molecule has 1 heterocycles. The summed E-state index contributed by atoms with van der Waals surface area (Å²) in [6, 6.07) is 13.1. The highest BCUT2D eigenvalue weighted by atomic mass is 32.1. The number of rotatable bonds is 11. The third-order valence-corrected chi connectivity index (χ3v) is 7.48. The predicted octanol–water partition coefficient (Wildman–Crippen LogP) is 6.17. The predicted molar refractivity (Wildman–Crippen MR) is 151 cm³/mol. The summed E-state index contributed by atoms with van der Waals surface area (Å²) >= 11 is 1.45. The van der Waals surface area contributed by atoms with Crippen LogP contribution in [-0.2, 0) is 11.2 Å². The summed E-state index contributed by atoms with van der Waals surface area (Å²) in [5.74, 6) is -0.862. The molecule has 0 spiro atoms. The first-order chi connectivity index (χ1) is 18.0. The molecule has 0 radical (unpaired) electrons. The number of benzene rings is 2. The molecule has 204 valence electrons. The molecule has 38 heavy (non-hydrogen) atoms. The Labute approximate surface area is 228 Å². The highest BCUT2D eigenvalue weighted by Gasteiger charge is 2.39. The van der Waals surface area contributed by atoms with Crippen molar-refractivity contribution in [1.29, 1.82) is 0 Å². The molecule has 0 aliphatic heterocycles. The van der Waals surface area contributed by atoms with Crippen LogP contribution in [0.4, 0.5) is 8.78 Å². The fourth-order valence-electron chi connectivity index (χ4n) is 4.51. The molecule has 3 aromatic rings. The summed E-state index contributed by atoms with van der Waals surface area (Å²) in [5, 5.41) is 10.9. The van der Waals surface area contributed by atoms with Gasteiger partial charge in [0.25, 0.3) is 5.91 Å². The van der Waals surface area contributed by atoms with Crippen LogP contribution in [-0.4, -0.2) is 46.3 Å². The van der Waals surface area contributed by atoms with Crippen molar-refractivity contribution < 1.29 is 18.7 Å². The zero-order chi connectivity index (χ0) is 28.0. The Morgan fingerprint density at radius 2 is 1.92 bits per heavy atom. The van der Waals surface area contributed by atoms with Crippen molar-refractivity contribution in [3.63, 3.8) is 0 Å². The van der Waals surface area contributed by atoms with E-state index in [1.165, 1.54) is 30.4 Å². The van der Waals surface area contributed by atoms with Gasteiger partial charge in [-0.15, -0.1) is 11.3 Å². The summed E-state index contributed by atoms with van der Waals surface area (Å²) < 4.78 is 27.6. The second-order valence-electron chi connectivity index (χ2n) is 10.6. The van der Waals surface area contributed by atoms with E-state index in [1.54, 1.807) is 17.0 Å². The lowest BCUT2D eigenvalue weighted by atomic mass is 9.82. The maximum atomic E-state index is 14.3. The van der Waals surface area contributed by atoms with E-state index in [2.05, 4.69) is 6.58 Å². The number of nitrogens with two attached hydrogens (primary N) is 1. The van der Waals surface area contributed by atoms with Crippen LogP contribution in [0.3, 0.4) is 0 Å². The van der Waals surface area contributed by atoms with Crippen molar-refractivity contribution in [2.75, 3.05) is 13.2 Å². The molecular formula is C30H37F2N3O2S. The van der Waals surface area contributed by atoms with Crippen LogP contribution >= 0.6 is 11.3 Å². The van der Waals surface area contributed by atoms with Gasteiger partial charge in [-0.05, 0) is 42.0 Å². The molecule has 5 nitrogen and oxygen atoms in total. The number of hydrogen-bond donors (Lipinski definition) is 2. The second kappa shape index (κ2) is 12.7. The summed E-state index contributed by atoms with van der Waals surface area (Å²) in [5.41, 5.74) is 8.46. The Balaban J connectivity index is 2.24. The third-order valence-electron chi connectivity index (χ3n) is 6.37. The molecular weight excluding hydrogens is 504 g/mol. The highest BCUT2D eigenvalue weighted by molar-refractivity contribution is 7.15. The lowest BCUT2D eigenvalue weighted by molar-refractivity contribution is -0.144. The minimum atomic E-state index is -1.26. The van der Waals surface area contributed by atoms with E-state index >= 15 is 0 Å². The van der Waals surface area contributed by atoms with E-state index in [9.17, 15) is 18.7 Å². The molecule has 1 aromatic heterocycles. The molecule has 2 aromatic carbocycles. The van der Waals surface area contributed by atoms with Gasteiger partial charge in [0, 0.05) is 29.4 Å². The van der Waals surface area contributed by atoms with Gasteiger partial charge in [0.15, 0.2) is 0 Å². The number of carbonyl (C=O) groups is 1. The van der Waals surface area contributed by atoms with E-state index in [0.29, 0.717) is 22.7 Å². The van der Waals surface area contributed by atoms with Crippen LogP contribution in [0.1, 0.15) is 61.9 Å². The van der Waals surface area contributed by atoms with Gasteiger partial charge in [0.1, 0.15) is 23.6 Å². The zero-order valence-electron chi connectivity index (χ0n) is 22.5. The average molecular weight is 542 g/mol. The molecule has 0 aliphatic carbocycles. The number of aliphatic hydroxyl groups excluding tert-OH is 1. The average Bonchev–Trinajstić information content (AvgIpc) is 3.27. The number of amides is 1. The minimum Gasteiger partial charge on any atom is -0.384 e. The van der Waals surface area contributed by atoms with Crippen molar-refractivity contribution in [1.82, 2.24) is 9.88 Å². The number of aliphatic hydroxyl groups is 1. The van der Waals surface area contributed by atoms with Gasteiger partial charge < -0.3 is 15.7 Å². The molecule has 0 aliphatic rings. The van der Waals surface area contributed by atoms with Gasteiger partial charge in [-0.3, -0.25) is 4.79 Å². The number of nitrogens with zero attached hydrogens (tertiary/aromatic N) is 2. The Morgan fingerprint density at radius 3 is 2.50 bits per heavy atom. The molecule has 1 amide bonds. The van der Waals surface area contributed by atoms with Gasteiger partial charge >= 0.3 is 0 Å². The van der Waals surface area contributed by atoms with E-state index < -0.39 is 36.2 Å². The second-order valence-corrected chi connectivity index (χ2v) is 11.7. The van der Waals surface area contributed by atoms with Gasteiger partial charge in [-0.1, -0.05) is 69.8 Å². The van der Waals surface area contributed by atoms with Crippen LogP contribution in [0.15, 0.2) is 55.1 Å². The van der Waals surface area contributed by atoms with Crippen molar-refractivity contribution in [3.05, 3.63) is 82.6 Å². The van der Waals surface area contributed by atoms with Gasteiger partial charge in [0.05, 0.1) is 11.7 Å². The molecule has 0 fully saturated rings. The zero-order valence-corrected chi connectivity index (χ0v) is 23.3. The maximum absolute atomic E-state index is 14.3. The topological polar surface area (TPSA) is 79.5 Å². The van der Waals surface area contributed by atoms with Crippen LogP contribution in [0.2, 0.25) is 0 Å². The van der Waals surface area contributed by atoms with Crippen LogP contribution < -0.4 is 5.73 Å². The smallest absolute Gasteiger partial charge is 0.251 e. The number of carbonyl (C=O) groups excluding carboxylic acids is 1. The van der Waals surface area contributed by atoms with Crippen molar-refractivity contribution in [3.8, 4) is 10.6 Å². The quantitative estimate of drug-likeness (QED) is 0.304. The fourth-order valence-corrected chi connectivity index (χ4v) is 5.67. The standard InChI is InChI=1S/C30H37F2N3O2S/c1-6-21-12-13-22(32)17-24(21)28-34-26(25(38-28)16-20-10-8-7-9-11-20)27(30(3,4)5)35(29(37)19(2)36)15-14-23(33)18-31/h6-13,17,19,23,27,36H,1,14-16,18,33H2,2-5H3/t19-,23-,27-/m0/s1. The SMILES string of the molecule is C=Cc1ccc(F)cc1-c1nc([C@H](N(CC[C@H](N)CF)C(=O)[C@H](C)O)C(C)(C)C)c(Cc2ccccc2)s1. The Bertz CT molecular complexity index is 1240. The number of thiazole rings is 1. The minimum absolute atomic E-state index is 0.159. The number of alkyl halides is 1. The van der Waals surface area contributed by atoms with Crippen molar-refractivity contribution in [2.24, 2.45) is 11.1 Å². The molecule has 3 N–H and O–H groups in total. The highest BCUT2D eigenvalue weighted by Crippen LogP contribution is 2.44. The maximum Gasteiger partial charge on any atom is 0.251 e. The molecule has 0 bridgehead atoms. The summed E-state index contributed by atoms with van der Waals surface area (Å²) in [6.45, 7) is 10.7. The first-order valence-corrected chi connectivity index (χ1v) is 13.5. The van der Waals surface area contributed by atoms with Gasteiger partial charge in [-0.2, -0.15) is 0 Å². The lowest BCUT2D eigenvalue weighted by Crippen LogP contribution is -2.47. The monoisotopic (exact) mass is 541 g/mol. The molecule has 0 saturated carbocycles. The molecule has 0 saturated heterocycles. The Kier molecular flexibility index (Phi) is 9.93. The first-order valence-electron chi connectivity index (χ1n) is 12.7. The number of halogens is 2. The Hall–Kier alpha value is -2.94. The van der Waals surface area contributed by atoms with Crippen molar-refractivity contribution in [2.45, 2.75) is 58.7 Å². The van der Waals surface area contributed by atoms with Crippen LogP contribution in [0.25, 0.3) is 16.6 Å². The van der Waals surface area contributed by atoms with Crippen molar-refractivity contribution >= 4 is 23.3 Å². The van der Waals surface area contributed by atoms with Gasteiger partial charge in [-0.25, -0.2) is 13.8 Å². The van der Waals surface area contributed by atoms with Crippen LogP contribution in [0.5, 0.6) is 0 Å². The summed E-state index contributed by atoms with van der Waals surface area (Å²) in [4.78, 5) is 20.9. The van der Waals surface area contributed by atoms with Crippen LogP contribution in [0, 0.1) is 11.2 Å². The number of hydrogen-bond acceptors (Lipinski definition) is 5. The van der Waals surface area contributed by atoms with E-state index in [0.717, 1.165) is 16.0 Å². The lowest BCUT2D eigenvalue weighted by Gasteiger charge is -2.41. The number of aromatic nitrogens is 1. The normalized spacial score (nSPS) is 14.1. The first kappa shape index (κ1) is 29.6. The molecule has 3 rings (SSSR count). The molecule has 3 atom stereocenters. The third kappa shape index (κ3) is 7.12. The fraction of sp³-hybridized carbons (Fsp3) is 0.400.